The number of hydrogen-bond donors (Lipinski definition) is 0. The first-order valence-electron chi connectivity index (χ1n) is 10.1. The number of para-hydroxylation sites is 2. The van der Waals surface area contributed by atoms with E-state index in [9.17, 15) is 0 Å². The minimum atomic E-state index is -1.79. The summed E-state index contributed by atoms with van der Waals surface area (Å²) < 4.78 is 13.3. The molecule has 2 rings (SSSR count). The Morgan fingerprint density at radius 2 is 0.846 bits per heavy atom. The maximum Gasteiger partial charge on any atom is 0.250 e. The monoisotopic (exact) mass is 386 g/mol. The second-order valence-electron chi connectivity index (χ2n) is 7.11. The zero-order valence-electron chi connectivity index (χ0n) is 16.8. The maximum absolute atomic E-state index is 6.64. The fourth-order valence-corrected chi connectivity index (χ4v) is 11.6. The van der Waals surface area contributed by atoms with Crippen molar-refractivity contribution in [3.8, 4) is 11.5 Å². The molecule has 0 unspecified atom stereocenters. The summed E-state index contributed by atoms with van der Waals surface area (Å²) in [5, 5.41) is 0. The topological polar surface area (TPSA) is 18.5 Å². The lowest BCUT2D eigenvalue weighted by molar-refractivity contribution is 0.515. The molecule has 0 aromatic heterocycles. The lowest BCUT2D eigenvalue weighted by atomic mass is 10.3. The van der Waals surface area contributed by atoms with Crippen molar-refractivity contribution in [3.05, 3.63) is 60.7 Å². The van der Waals surface area contributed by atoms with E-state index in [-0.39, 0.29) is 0 Å². The van der Waals surface area contributed by atoms with E-state index in [0.717, 1.165) is 35.7 Å². The van der Waals surface area contributed by atoms with Crippen LogP contribution in [0, 0.1) is 0 Å². The third-order valence-electron chi connectivity index (χ3n) is 5.77. The van der Waals surface area contributed by atoms with E-state index >= 15 is 0 Å². The third-order valence-corrected chi connectivity index (χ3v) is 15.1. The molecule has 2 aromatic carbocycles. The Labute approximate surface area is 161 Å². The lowest BCUT2D eigenvalue weighted by Crippen LogP contribution is -2.46. The SMILES string of the molecule is CC[Si](CC)(CC[Si](CC)(CC)Oc1ccccc1)Oc1ccccc1. The van der Waals surface area contributed by atoms with Crippen LogP contribution < -0.4 is 8.85 Å². The van der Waals surface area contributed by atoms with Crippen LogP contribution in [0.1, 0.15) is 27.7 Å². The standard InChI is InChI=1S/C22H34O2Si2/c1-5-25(6-2,23-21-15-11-9-12-16-21)19-20-26(7-3,8-4)24-22-17-13-10-14-18-22/h9-18H,5-8,19-20H2,1-4H3. The maximum atomic E-state index is 6.64. The Kier molecular flexibility index (Phi) is 7.97. The van der Waals surface area contributed by atoms with Crippen LogP contribution >= 0.6 is 0 Å². The van der Waals surface area contributed by atoms with Crippen molar-refractivity contribution in [2.24, 2.45) is 0 Å². The van der Waals surface area contributed by atoms with E-state index in [2.05, 4.69) is 76.2 Å². The Bertz CT molecular complexity index is 566. The van der Waals surface area contributed by atoms with E-state index in [0.29, 0.717) is 0 Å². The Balaban J connectivity index is 2.13. The highest BCUT2D eigenvalue weighted by Gasteiger charge is 2.40. The quantitative estimate of drug-likeness (QED) is 0.383. The van der Waals surface area contributed by atoms with Crippen molar-refractivity contribution in [1.29, 1.82) is 0 Å². The summed E-state index contributed by atoms with van der Waals surface area (Å²) in [7, 11) is -3.58. The van der Waals surface area contributed by atoms with E-state index in [1.165, 1.54) is 12.1 Å². The molecule has 0 aliphatic rings. The van der Waals surface area contributed by atoms with Gasteiger partial charge in [-0.05, 0) is 60.5 Å². The van der Waals surface area contributed by atoms with Gasteiger partial charge in [-0.25, -0.2) is 0 Å². The second kappa shape index (κ2) is 9.98. The predicted octanol–water partition coefficient (Wildman–Crippen LogP) is 7.12. The predicted molar refractivity (Wildman–Crippen MR) is 117 cm³/mol. The first-order chi connectivity index (χ1) is 12.6. The normalized spacial score (nSPS) is 12.0. The minimum Gasteiger partial charge on any atom is -0.544 e. The molecule has 0 amide bonds. The van der Waals surface area contributed by atoms with E-state index in [4.69, 9.17) is 8.85 Å². The first kappa shape index (κ1) is 20.8. The summed E-state index contributed by atoms with van der Waals surface area (Å²) >= 11 is 0. The molecule has 4 heteroatoms. The number of hydrogen-bond acceptors (Lipinski definition) is 2. The molecule has 0 bridgehead atoms. The largest absolute Gasteiger partial charge is 0.544 e. The van der Waals surface area contributed by atoms with E-state index < -0.39 is 16.6 Å². The molecular weight excluding hydrogens is 352 g/mol. The van der Waals surface area contributed by atoms with Crippen LogP contribution in [0.4, 0.5) is 0 Å². The first-order valence-corrected chi connectivity index (χ1v) is 15.1. The average Bonchev–Trinajstić information content (AvgIpc) is 2.71. The van der Waals surface area contributed by atoms with E-state index in [1.54, 1.807) is 0 Å². The van der Waals surface area contributed by atoms with Crippen molar-refractivity contribution >= 4 is 16.6 Å². The number of rotatable bonds is 11. The van der Waals surface area contributed by atoms with Gasteiger partial charge in [-0.3, -0.25) is 0 Å². The van der Waals surface area contributed by atoms with Gasteiger partial charge in [-0.15, -0.1) is 0 Å². The molecule has 0 heterocycles. The molecule has 0 aliphatic carbocycles. The molecule has 0 saturated heterocycles. The Morgan fingerprint density at radius 3 is 1.12 bits per heavy atom. The molecule has 0 fully saturated rings. The summed E-state index contributed by atoms with van der Waals surface area (Å²) in [5.74, 6) is 2.07. The van der Waals surface area contributed by atoms with Gasteiger partial charge in [0.15, 0.2) is 0 Å². The molecule has 0 radical (unpaired) electrons. The summed E-state index contributed by atoms with van der Waals surface area (Å²) in [5.41, 5.74) is 0. The van der Waals surface area contributed by atoms with Gasteiger partial charge < -0.3 is 8.85 Å². The van der Waals surface area contributed by atoms with Crippen molar-refractivity contribution in [2.45, 2.75) is 64.0 Å². The van der Waals surface area contributed by atoms with Gasteiger partial charge in [0.05, 0.1) is 0 Å². The molecule has 0 spiro atoms. The van der Waals surface area contributed by atoms with Gasteiger partial charge in [0.25, 0.3) is 16.6 Å². The average molecular weight is 387 g/mol. The molecule has 142 valence electrons. The van der Waals surface area contributed by atoms with Crippen LogP contribution in [0.25, 0.3) is 0 Å². The van der Waals surface area contributed by atoms with Crippen LogP contribution in [-0.2, 0) is 0 Å². The fraction of sp³-hybridized carbons (Fsp3) is 0.455. The summed E-state index contributed by atoms with van der Waals surface area (Å²) in [6.45, 7) is 9.21. The molecule has 0 saturated carbocycles. The minimum absolute atomic E-state index is 1.03. The summed E-state index contributed by atoms with van der Waals surface area (Å²) in [6, 6.07) is 27.7. The zero-order chi connectivity index (χ0) is 18.9. The lowest BCUT2D eigenvalue weighted by Gasteiger charge is -2.35. The van der Waals surface area contributed by atoms with Crippen LogP contribution in [0.3, 0.4) is 0 Å². The molecule has 0 aliphatic heterocycles. The van der Waals surface area contributed by atoms with Crippen LogP contribution in [0.2, 0.25) is 36.3 Å². The zero-order valence-corrected chi connectivity index (χ0v) is 18.8. The van der Waals surface area contributed by atoms with E-state index in [1.807, 2.05) is 12.1 Å². The van der Waals surface area contributed by atoms with Crippen molar-refractivity contribution < 1.29 is 8.85 Å². The van der Waals surface area contributed by atoms with Crippen LogP contribution in [-0.4, -0.2) is 16.6 Å². The van der Waals surface area contributed by atoms with Gasteiger partial charge in [-0.1, -0.05) is 64.1 Å². The third kappa shape index (κ3) is 5.48. The molecule has 0 N–H and O–H groups in total. The highest BCUT2D eigenvalue weighted by molar-refractivity contribution is 6.79. The highest BCUT2D eigenvalue weighted by Crippen LogP contribution is 2.33. The molecular formula is C22H34O2Si2. The number of benzene rings is 2. The smallest absolute Gasteiger partial charge is 0.250 e. The molecule has 26 heavy (non-hydrogen) atoms. The summed E-state index contributed by atoms with van der Waals surface area (Å²) in [6.07, 6.45) is 0. The van der Waals surface area contributed by atoms with Crippen molar-refractivity contribution in [1.82, 2.24) is 0 Å². The van der Waals surface area contributed by atoms with Crippen molar-refractivity contribution in [2.75, 3.05) is 0 Å². The van der Waals surface area contributed by atoms with Crippen LogP contribution in [0.15, 0.2) is 60.7 Å². The van der Waals surface area contributed by atoms with Gasteiger partial charge in [-0.2, -0.15) is 0 Å². The highest BCUT2D eigenvalue weighted by atomic mass is 28.4. The molecule has 2 aromatic rings. The van der Waals surface area contributed by atoms with Gasteiger partial charge in [0, 0.05) is 0 Å². The van der Waals surface area contributed by atoms with Crippen LogP contribution in [0.5, 0.6) is 11.5 Å². The van der Waals surface area contributed by atoms with Gasteiger partial charge in [0.1, 0.15) is 11.5 Å². The van der Waals surface area contributed by atoms with Gasteiger partial charge >= 0.3 is 0 Å². The second-order valence-corrected chi connectivity index (χ2v) is 16.1. The molecule has 2 nitrogen and oxygen atoms in total. The Morgan fingerprint density at radius 1 is 0.538 bits per heavy atom. The van der Waals surface area contributed by atoms with Gasteiger partial charge in [0.2, 0.25) is 0 Å². The fourth-order valence-electron chi connectivity index (χ4n) is 3.53. The van der Waals surface area contributed by atoms with Crippen molar-refractivity contribution in [3.63, 3.8) is 0 Å². The Hall–Kier alpha value is -1.53. The molecule has 0 atom stereocenters. The summed E-state index contributed by atoms with van der Waals surface area (Å²) in [4.78, 5) is 0.